The Kier molecular flexibility index (Phi) is 5.15. The highest BCUT2D eigenvalue weighted by molar-refractivity contribution is 5.66. The van der Waals surface area contributed by atoms with Gasteiger partial charge in [-0.3, -0.25) is 4.79 Å². The van der Waals surface area contributed by atoms with Crippen LogP contribution in [-0.4, -0.2) is 46.7 Å². The van der Waals surface area contributed by atoms with Crippen molar-refractivity contribution in [2.24, 2.45) is 23.7 Å². The van der Waals surface area contributed by atoms with Crippen LogP contribution in [-0.2, 0) is 14.3 Å². The number of carbonyl (C=O) groups excluding carboxylic acids is 1. The maximum atomic E-state index is 11.6. The number of hydrogen-bond acceptors (Lipinski definition) is 5. The van der Waals surface area contributed by atoms with Gasteiger partial charge in [0, 0.05) is 32.3 Å². The predicted octanol–water partition coefficient (Wildman–Crippen LogP) is 2.14. The second-order valence-electron chi connectivity index (χ2n) is 8.21. The van der Waals surface area contributed by atoms with Crippen LogP contribution in [0.1, 0.15) is 53.9 Å². The average molecular weight is 328 g/mol. The van der Waals surface area contributed by atoms with E-state index in [2.05, 4.69) is 0 Å². The smallest absolute Gasteiger partial charge is 0.302 e. The molecule has 2 fully saturated rings. The third-order valence-electron chi connectivity index (χ3n) is 6.25. The minimum Gasteiger partial charge on any atom is -0.462 e. The largest absolute Gasteiger partial charge is 0.462 e. The van der Waals surface area contributed by atoms with E-state index in [9.17, 15) is 15.0 Å². The third-order valence-corrected chi connectivity index (χ3v) is 6.25. The van der Waals surface area contributed by atoms with Gasteiger partial charge in [0.2, 0.25) is 0 Å². The first kappa shape index (κ1) is 18.7. The Hall–Kier alpha value is -0.650. The van der Waals surface area contributed by atoms with Crippen LogP contribution >= 0.6 is 0 Å². The van der Waals surface area contributed by atoms with Crippen molar-refractivity contribution in [1.29, 1.82) is 0 Å². The number of methoxy groups -OCH3 is 1. The number of carbonyl (C=O) groups is 1. The highest BCUT2D eigenvalue weighted by Gasteiger charge is 2.60. The van der Waals surface area contributed by atoms with Crippen LogP contribution in [0.15, 0.2) is 0 Å². The first-order chi connectivity index (χ1) is 10.5. The Morgan fingerprint density at radius 3 is 2.39 bits per heavy atom. The van der Waals surface area contributed by atoms with E-state index in [1.807, 2.05) is 20.8 Å². The Morgan fingerprint density at radius 1 is 1.30 bits per heavy atom. The van der Waals surface area contributed by atoms with Gasteiger partial charge in [-0.25, -0.2) is 0 Å². The van der Waals surface area contributed by atoms with Crippen LogP contribution in [0.5, 0.6) is 0 Å². The van der Waals surface area contributed by atoms with Gasteiger partial charge in [0.1, 0.15) is 6.10 Å². The quantitative estimate of drug-likeness (QED) is 0.776. The van der Waals surface area contributed by atoms with Crippen molar-refractivity contribution in [2.75, 3.05) is 7.11 Å². The fourth-order valence-corrected chi connectivity index (χ4v) is 5.06. The predicted molar refractivity (Wildman–Crippen MR) is 86.8 cm³/mol. The number of aliphatic hydroxyl groups excluding tert-OH is 1. The number of ether oxygens (including phenoxy) is 2. The molecule has 23 heavy (non-hydrogen) atoms. The lowest BCUT2D eigenvalue weighted by Crippen LogP contribution is -2.48. The lowest BCUT2D eigenvalue weighted by molar-refractivity contribution is -0.157. The van der Waals surface area contributed by atoms with E-state index in [4.69, 9.17) is 9.47 Å². The lowest BCUT2D eigenvalue weighted by Gasteiger charge is -2.40. The van der Waals surface area contributed by atoms with Gasteiger partial charge < -0.3 is 19.7 Å². The zero-order valence-electron chi connectivity index (χ0n) is 15.2. The number of rotatable bonds is 3. The zero-order valence-corrected chi connectivity index (χ0v) is 15.2. The van der Waals surface area contributed by atoms with Gasteiger partial charge in [0.15, 0.2) is 0 Å². The van der Waals surface area contributed by atoms with E-state index < -0.39 is 23.4 Å². The van der Waals surface area contributed by atoms with Crippen LogP contribution in [0.2, 0.25) is 0 Å². The molecule has 0 radical (unpaired) electrons. The summed E-state index contributed by atoms with van der Waals surface area (Å²) in [6.45, 7) is 9.27. The summed E-state index contributed by atoms with van der Waals surface area (Å²) in [6, 6.07) is 0. The van der Waals surface area contributed by atoms with Gasteiger partial charge in [-0.1, -0.05) is 13.8 Å². The van der Waals surface area contributed by atoms with Gasteiger partial charge in [0.25, 0.3) is 0 Å². The molecule has 2 rings (SSSR count). The summed E-state index contributed by atoms with van der Waals surface area (Å²) in [4.78, 5) is 11.6. The second kappa shape index (κ2) is 6.34. The normalized spacial score (nSPS) is 47.3. The summed E-state index contributed by atoms with van der Waals surface area (Å²) in [7, 11) is 1.66. The van der Waals surface area contributed by atoms with E-state index >= 15 is 0 Å². The summed E-state index contributed by atoms with van der Waals surface area (Å²) >= 11 is 0. The molecule has 0 heterocycles. The van der Waals surface area contributed by atoms with Crippen LogP contribution < -0.4 is 0 Å². The van der Waals surface area contributed by atoms with Gasteiger partial charge >= 0.3 is 5.97 Å². The number of esters is 1. The molecule has 2 saturated carbocycles. The molecule has 0 aromatic carbocycles. The molecule has 2 aliphatic carbocycles. The molecule has 5 heteroatoms. The molecule has 0 amide bonds. The minimum atomic E-state index is -0.928. The Morgan fingerprint density at radius 2 is 1.91 bits per heavy atom. The maximum Gasteiger partial charge on any atom is 0.302 e. The lowest BCUT2D eigenvalue weighted by atomic mass is 9.73. The topological polar surface area (TPSA) is 76.0 Å². The summed E-state index contributed by atoms with van der Waals surface area (Å²) in [5.74, 6) is -0.664. The first-order valence-electron chi connectivity index (χ1n) is 8.66. The fourth-order valence-electron chi connectivity index (χ4n) is 5.06. The second-order valence-corrected chi connectivity index (χ2v) is 8.21. The molecule has 0 saturated heterocycles. The summed E-state index contributed by atoms with van der Waals surface area (Å²) in [5.41, 5.74) is -1.46. The molecular weight excluding hydrogens is 296 g/mol. The zero-order chi connectivity index (χ0) is 17.6. The van der Waals surface area contributed by atoms with Crippen molar-refractivity contribution in [2.45, 2.75) is 77.3 Å². The fraction of sp³-hybridized carbons (Fsp3) is 0.944. The summed E-state index contributed by atoms with van der Waals surface area (Å²) in [5, 5.41) is 22.0. The van der Waals surface area contributed by atoms with Crippen LogP contribution in [0.4, 0.5) is 0 Å². The van der Waals surface area contributed by atoms with Crippen LogP contribution in [0, 0.1) is 23.7 Å². The van der Waals surface area contributed by atoms with Gasteiger partial charge in [-0.15, -0.1) is 0 Å². The van der Waals surface area contributed by atoms with Crippen LogP contribution in [0.25, 0.3) is 0 Å². The molecule has 0 aliphatic heterocycles. The molecule has 2 N–H and O–H groups in total. The number of aliphatic hydroxyl groups is 2. The molecule has 7 atom stereocenters. The van der Waals surface area contributed by atoms with Crippen molar-refractivity contribution in [3.8, 4) is 0 Å². The monoisotopic (exact) mass is 328 g/mol. The van der Waals surface area contributed by atoms with E-state index in [1.165, 1.54) is 6.92 Å². The third kappa shape index (κ3) is 3.28. The van der Waals surface area contributed by atoms with E-state index in [-0.39, 0.29) is 29.6 Å². The molecule has 134 valence electrons. The maximum absolute atomic E-state index is 11.6. The Balaban J connectivity index is 2.49. The van der Waals surface area contributed by atoms with Crippen molar-refractivity contribution in [3.63, 3.8) is 0 Å². The van der Waals surface area contributed by atoms with E-state index in [0.717, 1.165) is 6.42 Å². The standard InChI is InChI=1S/C18H32O5/c1-10(2)14-13(23-11(3)19)9-18(5,22-6)12-7-8-17(4,21)15(12)16(14)20/h10,12-16,20-21H,7-9H2,1-6H3/t12?,13-,14-,15+,16-,17-,18?/m1/s1. The highest BCUT2D eigenvalue weighted by Crippen LogP contribution is 2.54. The SMILES string of the molecule is COC1(C)C[C@@H](OC(C)=O)[C@@H](C(C)C)[C@@H](O)[C@@H]2C1CC[C@@]2(C)O. The van der Waals surface area contributed by atoms with Crippen molar-refractivity contribution in [3.05, 3.63) is 0 Å². The van der Waals surface area contributed by atoms with Gasteiger partial charge in [0.05, 0.1) is 17.3 Å². The average Bonchev–Trinajstić information content (AvgIpc) is 2.68. The molecule has 0 aromatic rings. The van der Waals surface area contributed by atoms with Crippen molar-refractivity contribution in [1.82, 2.24) is 0 Å². The number of fused-ring (bicyclic) bond motifs is 1. The van der Waals surface area contributed by atoms with Gasteiger partial charge in [-0.2, -0.15) is 0 Å². The van der Waals surface area contributed by atoms with Crippen molar-refractivity contribution < 1.29 is 24.5 Å². The molecule has 0 bridgehead atoms. The molecule has 5 nitrogen and oxygen atoms in total. The van der Waals surface area contributed by atoms with Crippen LogP contribution in [0.3, 0.4) is 0 Å². The van der Waals surface area contributed by atoms with E-state index in [1.54, 1.807) is 14.0 Å². The minimum absolute atomic E-state index is 0.0410. The first-order valence-corrected chi connectivity index (χ1v) is 8.66. The molecule has 2 unspecified atom stereocenters. The molecular formula is C18H32O5. The molecule has 0 spiro atoms. The highest BCUT2D eigenvalue weighted by atomic mass is 16.5. The Labute approximate surface area is 139 Å². The van der Waals surface area contributed by atoms with E-state index in [0.29, 0.717) is 12.8 Å². The summed E-state index contributed by atoms with van der Waals surface area (Å²) in [6.07, 6.45) is 0.867. The van der Waals surface area contributed by atoms with Crippen molar-refractivity contribution >= 4 is 5.97 Å². The molecule has 0 aromatic heterocycles. The molecule has 2 aliphatic rings. The summed E-state index contributed by atoms with van der Waals surface area (Å²) < 4.78 is 11.4. The number of hydrogen-bond donors (Lipinski definition) is 2. The van der Waals surface area contributed by atoms with Gasteiger partial charge in [-0.05, 0) is 38.5 Å². The Bertz CT molecular complexity index is 447.